The second-order valence-electron chi connectivity index (χ2n) is 26.0. The van der Waals surface area contributed by atoms with Gasteiger partial charge >= 0.3 is 39.5 Å². The number of allylic oxidation sites excluding steroid dienone is 10. The third-order valence-corrected chi connectivity index (χ3v) is 18.4. The van der Waals surface area contributed by atoms with Gasteiger partial charge in [-0.05, 0) is 103 Å². The molecule has 2 unspecified atom stereocenters. The first-order valence-electron chi connectivity index (χ1n) is 38.6. The largest absolute Gasteiger partial charge is 0.472 e. The van der Waals surface area contributed by atoms with Crippen LogP contribution in [0.1, 0.15) is 349 Å². The van der Waals surface area contributed by atoms with E-state index in [1.165, 1.54) is 128 Å². The Labute approximate surface area is 584 Å². The molecule has 0 aliphatic heterocycles. The smallest absolute Gasteiger partial charge is 0.462 e. The first-order valence-corrected chi connectivity index (χ1v) is 41.6. The molecule has 0 amide bonds. The number of aliphatic hydroxyl groups excluding tert-OH is 1. The average molecular weight is 1400 g/mol. The Balaban J connectivity index is 5.34. The van der Waals surface area contributed by atoms with Crippen molar-refractivity contribution >= 4 is 39.5 Å². The lowest BCUT2D eigenvalue weighted by Gasteiger charge is -2.21. The number of rotatable bonds is 73. The summed E-state index contributed by atoms with van der Waals surface area (Å²) in [6.07, 6.45) is 67.7. The highest BCUT2D eigenvalue weighted by Crippen LogP contribution is 2.45. The highest BCUT2D eigenvalue weighted by molar-refractivity contribution is 7.47. The molecule has 560 valence electrons. The van der Waals surface area contributed by atoms with Gasteiger partial charge in [0.05, 0.1) is 26.4 Å². The number of hydrogen-bond acceptors (Lipinski definition) is 15. The summed E-state index contributed by atoms with van der Waals surface area (Å²) in [6, 6.07) is 0. The number of phosphoric ester groups is 2. The number of carbonyl (C=O) groups is 4. The fraction of sp³-hybridized carbons (Fsp3) is 0.818. The molecular weight excluding hydrogens is 1260 g/mol. The lowest BCUT2D eigenvalue weighted by molar-refractivity contribution is -0.161. The van der Waals surface area contributed by atoms with Gasteiger partial charge in [0.15, 0.2) is 12.2 Å². The van der Waals surface area contributed by atoms with Crippen LogP contribution in [-0.2, 0) is 65.4 Å². The van der Waals surface area contributed by atoms with Gasteiger partial charge in [0.1, 0.15) is 19.3 Å². The topological polar surface area (TPSA) is 237 Å². The van der Waals surface area contributed by atoms with Gasteiger partial charge in [0.2, 0.25) is 0 Å². The molecule has 0 rings (SSSR count). The van der Waals surface area contributed by atoms with Crippen LogP contribution in [0.15, 0.2) is 60.8 Å². The predicted molar refractivity (Wildman–Crippen MR) is 390 cm³/mol. The van der Waals surface area contributed by atoms with Gasteiger partial charge in [-0.2, -0.15) is 0 Å². The van der Waals surface area contributed by atoms with Gasteiger partial charge in [-0.15, -0.1) is 0 Å². The Bertz CT molecular complexity index is 2060. The molecule has 0 aliphatic rings. The van der Waals surface area contributed by atoms with E-state index in [0.717, 1.165) is 141 Å². The first kappa shape index (κ1) is 92.8. The molecule has 0 aromatic carbocycles. The minimum atomic E-state index is -4.97. The van der Waals surface area contributed by atoms with Gasteiger partial charge in [-0.3, -0.25) is 37.3 Å². The number of hydrogen-bond donors (Lipinski definition) is 3. The molecule has 3 N–H and O–H groups in total. The first-order chi connectivity index (χ1) is 46.7. The number of aliphatic hydroxyl groups is 1. The number of ether oxygens (including phenoxy) is 4. The molecule has 0 aromatic heterocycles. The van der Waals surface area contributed by atoms with Crippen LogP contribution in [0.25, 0.3) is 0 Å². The maximum atomic E-state index is 13.1. The highest BCUT2D eigenvalue weighted by Gasteiger charge is 2.30. The maximum absolute atomic E-state index is 13.1. The van der Waals surface area contributed by atoms with Crippen LogP contribution in [0.3, 0.4) is 0 Å². The molecule has 5 atom stereocenters. The molecule has 0 aliphatic carbocycles. The monoisotopic (exact) mass is 1400 g/mol. The maximum Gasteiger partial charge on any atom is 0.472 e. The number of carbonyl (C=O) groups excluding carboxylic acids is 4. The molecule has 0 saturated heterocycles. The standard InChI is InChI=1S/C77H140O17P2/c1-5-9-13-17-21-25-29-33-35-39-41-45-49-53-57-61-74(79)87-67-72(93-76(81)63-59-55-51-47-43-37-31-27-23-19-15-11-7-3)69-91-95(83,84)89-65-71(78)66-90-96(85,86)92-70-73(94-77(82)64-60-56-52-48-44-38-32-28-24-20-16-12-8-4)68-88-75(80)62-58-54-50-46-42-40-36-34-30-26-22-18-14-10-6-2/h25-27,29-31,33-36,71-73,78H,5-24,28,32,37-70H2,1-4H3,(H,83,84)(H,85,86)/b29-25-,30-26-,31-27-,35-33-,36-34-/t71-,72-,73-/m1/s1. The van der Waals surface area contributed by atoms with Gasteiger partial charge in [0.25, 0.3) is 0 Å². The van der Waals surface area contributed by atoms with E-state index in [2.05, 4.69) is 88.5 Å². The van der Waals surface area contributed by atoms with E-state index in [-0.39, 0.29) is 25.7 Å². The van der Waals surface area contributed by atoms with Crippen molar-refractivity contribution in [2.75, 3.05) is 39.6 Å². The van der Waals surface area contributed by atoms with Crippen molar-refractivity contribution in [2.45, 2.75) is 367 Å². The van der Waals surface area contributed by atoms with Crippen LogP contribution < -0.4 is 0 Å². The van der Waals surface area contributed by atoms with Crippen molar-refractivity contribution in [1.29, 1.82) is 0 Å². The number of esters is 4. The Hall–Kier alpha value is -3.24. The van der Waals surface area contributed by atoms with Gasteiger partial charge < -0.3 is 33.8 Å². The van der Waals surface area contributed by atoms with Crippen LogP contribution in [0.2, 0.25) is 0 Å². The van der Waals surface area contributed by atoms with Crippen molar-refractivity contribution in [2.24, 2.45) is 0 Å². The molecular formula is C77H140O17P2. The summed E-state index contributed by atoms with van der Waals surface area (Å²) in [7, 11) is -9.94. The Kier molecular flexibility index (Phi) is 67.8. The molecule has 0 radical (unpaired) electrons. The van der Waals surface area contributed by atoms with Crippen LogP contribution >= 0.6 is 15.6 Å². The molecule has 0 fully saturated rings. The summed E-state index contributed by atoms with van der Waals surface area (Å²) >= 11 is 0. The summed E-state index contributed by atoms with van der Waals surface area (Å²) in [4.78, 5) is 72.8. The zero-order valence-electron chi connectivity index (χ0n) is 61.1. The molecule has 0 heterocycles. The summed E-state index contributed by atoms with van der Waals surface area (Å²) in [5, 5.41) is 10.6. The fourth-order valence-electron chi connectivity index (χ4n) is 10.6. The predicted octanol–water partition coefficient (Wildman–Crippen LogP) is 21.9. The zero-order valence-corrected chi connectivity index (χ0v) is 62.8. The summed E-state index contributed by atoms with van der Waals surface area (Å²) in [5.41, 5.74) is 0. The van der Waals surface area contributed by atoms with Crippen molar-refractivity contribution in [3.8, 4) is 0 Å². The summed E-state index contributed by atoms with van der Waals surface area (Å²) in [5.74, 6) is -2.19. The minimum Gasteiger partial charge on any atom is -0.462 e. The molecule has 0 spiro atoms. The lowest BCUT2D eigenvalue weighted by Crippen LogP contribution is -2.30. The highest BCUT2D eigenvalue weighted by atomic mass is 31.2. The summed E-state index contributed by atoms with van der Waals surface area (Å²) in [6.45, 7) is 4.82. The minimum absolute atomic E-state index is 0.0849. The third-order valence-electron chi connectivity index (χ3n) is 16.5. The van der Waals surface area contributed by atoms with E-state index in [1.807, 2.05) is 0 Å². The van der Waals surface area contributed by atoms with Crippen molar-refractivity contribution < 1.29 is 80.2 Å². The number of unbranched alkanes of at least 4 members (excludes halogenated alkanes) is 39. The van der Waals surface area contributed by atoms with Crippen LogP contribution in [-0.4, -0.2) is 96.7 Å². The third kappa shape index (κ3) is 69.2. The Morgan fingerprint density at radius 2 is 0.510 bits per heavy atom. The number of phosphoric acid groups is 2. The molecule has 19 heteroatoms. The Morgan fingerprint density at radius 1 is 0.292 bits per heavy atom. The second-order valence-corrected chi connectivity index (χ2v) is 28.9. The van der Waals surface area contributed by atoms with E-state index >= 15 is 0 Å². The van der Waals surface area contributed by atoms with Gasteiger partial charge in [-0.25, -0.2) is 9.13 Å². The van der Waals surface area contributed by atoms with Crippen molar-refractivity contribution in [3.05, 3.63) is 60.8 Å². The van der Waals surface area contributed by atoms with Gasteiger partial charge in [0, 0.05) is 25.7 Å². The summed E-state index contributed by atoms with van der Waals surface area (Å²) < 4.78 is 68.4. The van der Waals surface area contributed by atoms with E-state index in [0.29, 0.717) is 25.7 Å². The molecule has 0 saturated carbocycles. The zero-order chi connectivity index (χ0) is 70.4. The van der Waals surface area contributed by atoms with Gasteiger partial charge in [-0.1, -0.05) is 281 Å². The van der Waals surface area contributed by atoms with E-state index < -0.39 is 97.5 Å². The Morgan fingerprint density at radius 3 is 0.792 bits per heavy atom. The van der Waals surface area contributed by atoms with Crippen molar-refractivity contribution in [1.82, 2.24) is 0 Å². The molecule has 0 aromatic rings. The lowest BCUT2D eigenvalue weighted by atomic mass is 10.0. The quantitative estimate of drug-likeness (QED) is 0.0128. The van der Waals surface area contributed by atoms with Crippen LogP contribution in [0.4, 0.5) is 0 Å². The normalized spacial score (nSPS) is 14.3. The van der Waals surface area contributed by atoms with E-state index in [9.17, 15) is 43.2 Å². The molecule has 0 bridgehead atoms. The second kappa shape index (κ2) is 70.2. The van der Waals surface area contributed by atoms with E-state index in [1.54, 1.807) is 0 Å². The molecule has 17 nitrogen and oxygen atoms in total. The average Bonchev–Trinajstić information content (AvgIpc) is 1.14. The van der Waals surface area contributed by atoms with Crippen LogP contribution in [0, 0.1) is 0 Å². The molecule has 96 heavy (non-hydrogen) atoms. The van der Waals surface area contributed by atoms with Crippen molar-refractivity contribution in [3.63, 3.8) is 0 Å². The van der Waals surface area contributed by atoms with Crippen LogP contribution in [0.5, 0.6) is 0 Å². The van der Waals surface area contributed by atoms with E-state index in [4.69, 9.17) is 37.0 Å². The SMILES string of the molecule is CCCCCC/C=C\C=C/CCCCCCCC(=O)OC[C@H](COP(=O)(O)OC[C@@H](O)COP(=O)(O)OC[C@@H](COC(=O)CCCCCCC/C=C\C=C/CCCCCC)OC(=O)CCCCCCCCCCCCCCC)OC(=O)CCCCCCC/C=C\CCCCCC. The fourth-order valence-corrected chi connectivity index (χ4v) is 12.1.